The molecule has 1 aromatic carbocycles. The number of morpholine rings is 1. The summed E-state index contributed by atoms with van der Waals surface area (Å²) in [5.74, 6) is 0.0101. The highest BCUT2D eigenvalue weighted by Gasteiger charge is 2.37. The number of hydrogen-bond donors (Lipinski definition) is 2. The van der Waals surface area contributed by atoms with Gasteiger partial charge >= 0.3 is 6.18 Å². The van der Waals surface area contributed by atoms with Crippen LogP contribution in [-0.4, -0.2) is 40.5 Å². The van der Waals surface area contributed by atoms with Crippen molar-refractivity contribution in [3.63, 3.8) is 0 Å². The predicted molar refractivity (Wildman–Crippen MR) is 95.8 cm³/mol. The summed E-state index contributed by atoms with van der Waals surface area (Å²) < 4.78 is 48.4. The number of fused-ring (bicyclic) bond motifs is 3. The number of nitrogens with one attached hydrogen (secondary N) is 1. The first-order valence-corrected chi connectivity index (χ1v) is 8.87. The number of aromatic hydroxyl groups is 1. The van der Waals surface area contributed by atoms with E-state index in [1.165, 1.54) is 18.3 Å². The quantitative estimate of drug-likeness (QED) is 0.726. The lowest BCUT2D eigenvalue weighted by Crippen LogP contribution is -2.39. The van der Waals surface area contributed by atoms with E-state index in [4.69, 9.17) is 4.74 Å². The third-order valence-corrected chi connectivity index (χ3v) is 5.01. The smallest absolute Gasteiger partial charge is 0.435 e. The first-order valence-electron chi connectivity index (χ1n) is 8.87. The van der Waals surface area contributed by atoms with E-state index in [9.17, 15) is 18.3 Å². The van der Waals surface area contributed by atoms with E-state index in [1.54, 1.807) is 16.7 Å². The van der Waals surface area contributed by atoms with Gasteiger partial charge < -0.3 is 19.7 Å². The molecule has 2 atom stereocenters. The van der Waals surface area contributed by atoms with Gasteiger partial charge in [0.2, 0.25) is 0 Å². The monoisotopic (exact) mass is 379 g/mol. The van der Waals surface area contributed by atoms with Crippen molar-refractivity contribution in [3.05, 3.63) is 36.2 Å². The number of phenolic OH excluding ortho intramolecular Hbond substituents is 1. The van der Waals surface area contributed by atoms with Gasteiger partial charge in [-0.1, -0.05) is 0 Å². The molecule has 5 nitrogen and oxygen atoms in total. The minimum Gasteiger partial charge on any atom is -0.508 e. The molecule has 144 valence electrons. The Bertz CT molecular complexity index is 978. The number of ether oxygens (including phenoxy) is 1. The van der Waals surface area contributed by atoms with Crippen molar-refractivity contribution < 1.29 is 23.0 Å². The molecule has 0 aliphatic carbocycles. The van der Waals surface area contributed by atoms with Crippen molar-refractivity contribution in [2.24, 2.45) is 0 Å². The number of aromatic nitrogens is 2. The Balaban J connectivity index is 1.93. The zero-order chi connectivity index (χ0) is 19.2. The summed E-state index contributed by atoms with van der Waals surface area (Å²) in [5, 5.41) is 14.3. The van der Waals surface area contributed by atoms with Crippen molar-refractivity contribution in [2.45, 2.75) is 31.7 Å². The molecule has 3 aromatic rings. The van der Waals surface area contributed by atoms with Crippen LogP contribution in [0.3, 0.4) is 0 Å². The lowest BCUT2D eigenvalue weighted by atomic mass is 10.1. The van der Waals surface area contributed by atoms with Crippen LogP contribution in [0, 0.1) is 0 Å². The fourth-order valence-corrected chi connectivity index (χ4v) is 3.90. The molecule has 0 amide bonds. The Morgan fingerprint density at radius 2 is 2.15 bits per heavy atom. The molecule has 2 N–H and O–H groups in total. The van der Waals surface area contributed by atoms with Gasteiger partial charge in [0.05, 0.1) is 23.7 Å². The minimum absolute atomic E-state index is 0.0101. The zero-order valence-corrected chi connectivity index (χ0v) is 14.8. The van der Waals surface area contributed by atoms with Crippen molar-refractivity contribution in [1.82, 2.24) is 14.9 Å². The summed E-state index contributed by atoms with van der Waals surface area (Å²) in [7, 11) is 0. The molecule has 1 aliphatic heterocycles. The van der Waals surface area contributed by atoms with E-state index in [1.807, 2.05) is 6.92 Å². The summed E-state index contributed by atoms with van der Waals surface area (Å²) in [6, 6.07) is 5.95. The zero-order valence-electron chi connectivity index (χ0n) is 14.8. The van der Waals surface area contributed by atoms with Gasteiger partial charge in [-0.3, -0.25) is 0 Å². The molecule has 2 aromatic heterocycles. The van der Waals surface area contributed by atoms with Crippen molar-refractivity contribution in [2.75, 3.05) is 19.7 Å². The van der Waals surface area contributed by atoms with E-state index in [-0.39, 0.29) is 23.4 Å². The Kier molecular flexibility index (Phi) is 4.47. The second-order valence-corrected chi connectivity index (χ2v) is 6.91. The van der Waals surface area contributed by atoms with Crippen molar-refractivity contribution >= 4 is 21.8 Å². The fraction of sp³-hybridized carbons (Fsp3) is 0.421. The molecule has 3 heterocycles. The molecule has 27 heavy (non-hydrogen) atoms. The maximum absolute atomic E-state index is 13.7. The number of rotatable bonds is 3. The first kappa shape index (κ1) is 18.1. The number of nitrogens with zero attached hydrogens (tertiary/aromatic N) is 2. The molecule has 0 saturated carbocycles. The molecule has 1 aliphatic rings. The van der Waals surface area contributed by atoms with Gasteiger partial charge in [-0.2, -0.15) is 13.2 Å². The summed E-state index contributed by atoms with van der Waals surface area (Å²) in [4.78, 5) is 3.63. The summed E-state index contributed by atoms with van der Waals surface area (Å²) in [6.07, 6.45) is -2.92. The molecule has 0 spiro atoms. The van der Waals surface area contributed by atoms with E-state index >= 15 is 0 Å². The molecule has 0 radical (unpaired) electrons. The highest BCUT2D eigenvalue weighted by atomic mass is 19.4. The Hall–Kier alpha value is -2.32. The summed E-state index contributed by atoms with van der Waals surface area (Å²) in [5.41, 5.74) is -0.313. The molecular formula is C19H20F3N3O2. The normalized spacial score (nSPS) is 19.6. The van der Waals surface area contributed by atoms with Gasteiger partial charge in [0.15, 0.2) is 5.69 Å². The highest BCUT2D eigenvalue weighted by molar-refractivity contribution is 6.09. The number of hydrogen-bond acceptors (Lipinski definition) is 4. The maximum atomic E-state index is 13.7. The number of benzene rings is 1. The van der Waals surface area contributed by atoms with E-state index in [2.05, 4.69) is 10.3 Å². The van der Waals surface area contributed by atoms with Gasteiger partial charge in [-0.25, -0.2) is 4.98 Å². The second-order valence-electron chi connectivity index (χ2n) is 6.91. The third-order valence-electron chi connectivity index (χ3n) is 5.01. The lowest BCUT2D eigenvalue weighted by Gasteiger charge is -2.27. The molecule has 8 heteroatoms. The number of pyridine rings is 1. The second kappa shape index (κ2) is 6.69. The summed E-state index contributed by atoms with van der Waals surface area (Å²) >= 11 is 0. The third kappa shape index (κ3) is 3.23. The van der Waals surface area contributed by atoms with Crippen molar-refractivity contribution in [1.29, 1.82) is 0 Å². The Labute approximate surface area is 153 Å². The van der Waals surface area contributed by atoms with E-state index < -0.39 is 11.9 Å². The lowest BCUT2D eigenvalue weighted by molar-refractivity contribution is -0.140. The van der Waals surface area contributed by atoms with Crippen LogP contribution in [0.2, 0.25) is 0 Å². The van der Waals surface area contributed by atoms with Gasteiger partial charge in [-0.15, -0.1) is 0 Å². The van der Waals surface area contributed by atoms with E-state index in [0.717, 1.165) is 6.54 Å². The average molecular weight is 379 g/mol. The number of halogens is 3. The molecule has 1 fully saturated rings. The number of phenols is 1. The molecular weight excluding hydrogens is 359 g/mol. The van der Waals surface area contributed by atoms with Crippen LogP contribution in [0.15, 0.2) is 30.5 Å². The topological polar surface area (TPSA) is 59.3 Å². The van der Waals surface area contributed by atoms with Crippen LogP contribution >= 0.6 is 0 Å². The molecule has 0 bridgehead atoms. The van der Waals surface area contributed by atoms with Crippen LogP contribution in [0.25, 0.3) is 21.8 Å². The predicted octanol–water partition coefficient (Wildman–Crippen LogP) is 3.85. The first-order chi connectivity index (χ1) is 12.9. The highest BCUT2D eigenvalue weighted by Crippen LogP contribution is 2.40. The number of alkyl halides is 3. The molecule has 2 unspecified atom stereocenters. The summed E-state index contributed by atoms with van der Waals surface area (Å²) in [6.45, 7) is 3.89. The van der Waals surface area contributed by atoms with Gasteiger partial charge in [0, 0.05) is 42.2 Å². The van der Waals surface area contributed by atoms with Gasteiger partial charge in [0.25, 0.3) is 0 Å². The molecule has 4 rings (SSSR count). The largest absolute Gasteiger partial charge is 0.508 e. The Morgan fingerprint density at radius 1 is 1.33 bits per heavy atom. The van der Waals surface area contributed by atoms with Crippen LogP contribution in [0.4, 0.5) is 13.2 Å². The Morgan fingerprint density at radius 3 is 2.85 bits per heavy atom. The van der Waals surface area contributed by atoms with Gasteiger partial charge in [-0.05, 0) is 31.5 Å². The minimum atomic E-state index is -4.57. The van der Waals surface area contributed by atoms with Crippen LogP contribution in [-0.2, 0) is 10.9 Å². The average Bonchev–Trinajstić information content (AvgIpc) is 2.95. The fourth-order valence-electron chi connectivity index (χ4n) is 3.90. The standard InChI is InChI=1S/C19H20F3N3O2/c1-11(8-13-10-23-6-7-27-13)25-16-9-12(26)2-3-14(16)15-4-5-24-18(17(15)25)19(20,21)22/h2-5,9,11,13,23,26H,6-8,10H2,1H3. The van der Waals surface area contributed by atoms with Gasteiger partial charge in [0.1, 0.15) is 5.75 Å². The van der Waals surface area contributed by atoms with Crippen LogP contribution in [0.5, 0.6) is 5.75 Å². The van der Waals surface area contributed by atoms with E-state index in [0.29, 0.717) is 35.9 Å². The van der Waals surface area contributed by atoms with Crippen LogP contribution in [0.1, 0.15) is 25.1 Å². The van der Waals surface area contributed by atoms with Crippen LogP contribution < -0.4 is 5.32 Å². The maximum Gasteiger partial charge on any atom is 0.435 e. The molecule has 1 saturated heterocycles. The van der Waals surface area contributed by atoms with Crippen molar-refractivity contribution in [3.8, 4) is 5.75 Å². The SMILES string of the molecule is CC(CC1CNCCO1)n1c2cc(O)ccc2c2ccnc(C(F)(F)F)c21.